The highest BCUT2D eigenvalue weighted by Gasteiger charge is 2.20. The van der Waals surface area contributed by atoms with Crippen molar-refractivity contribution in [1.29, 1.82) is 0 Å². The fraction of sp³-hybridized carbons (Fsp3) is 0.429. The van der Waals surface area contributed by atoms with Crippen molar-refractivity contribution >= 4 is 45.4 Å². The van der Waals surface area contributed by atoms with Crippen LogP contribution < -0.4 is 10.6 Å². The molecule has 2 amide bonds. The van der Waals surface area contributed by atoms with Crippen LogP contribution in [-0.2, 0) is 4.79 Å². The molecule has 1 rings (SSSR count). The lowest BCUT2D eigenvalue weighted by atomic mass is 10.1. The number of anilines is 1. The van der Waals surface area contributed by atoms with E-state index in [1.165, 1.54) is 0 Å². The molecule has 5 nitrogen and oxygen atoms in total. The molecular formula is C14H19BrN2O3S. The van der Waals surface area contributed by atoms with E-state index in [9.17, 15) is 9.59 Å². The van der Waals surface area contributed by atoms with E-state index >= 15 is 0 Å². The van der Waals surface area contributed by atoms with E-state index in [1.54, 1.807) is 11.8 Å². The van der Waals surface area contributed by atoms with Crippen LogP contribution in [0.5, 0.6) is 0 Å². The third-order valence-electron chi connectivity index (χ3n) is 2.88. The summed E-state index contributed by atoms with van der Waals surface area (Å²) >= 11 is 4.94. The Balaban J connectivity index is 2.74. The minimum atomic E-state index is -1.03. The number of amides is 2. The van der Waals surface area contributed by atoms with Gasteiger partial charge in [0.05, 0.1) is 5.69 Å². The first-order valence-electron chi connectivity index (χ1n) is 6.41. The number of aryl methyl sites for hydroxylation is 2. The number of thioether (sulfide) groups is 1. The fourth-order valence-corrected chi connectivity index (χ4v) is 3.12. The Labute approximate surface area is 137 Å². The van der Waals surface area contributed by atoms with Gasteiger partial charge in [0, 0.05) is 4.47 Å². The summed E-state index contributed by atoms with van der Waals surface area (Å²) in [7, 11) is 0. The Hall–Kier alpha value is -1.21. The average Bonchev–Trinajstić information content (AvgIpc) is 2.38. The molecule has 3 N–H and O–H groups in total. The maximum atomic E-state index is 12.0. The minimum Gasteiger partial charge on any atom is -0.480 e. The van der Waals surface area contributed by atoms with Crippen molar-refractivity contribution in [3.8, 4) is 0 Å². The number of aliphatic carboxylic acids is 1. The number of carbonyl (C=O) groups is 2. The summed E-state index contributed by atoms with van der Waals surface area (Å²) in [5.74, 6) is -0.358. The molecule has 116 valence electrons. The van der Waals surface area contributed by atoms with Crippen LogP contribution in [0.4, 0.5) is 10.5 Å². The number of nitrogens with one attached hydrogen (secondary N) is 2. The number of carboxylic acid groups (broad SMARTS) is 1. The number of carbonyl (C=O) groups excluding carboxylic acids is 1. The molecule has 7 heteroatoms. The maximum Gasteiger partial charge on any atom is 0.326 e. The molecule has 1 aromatic rings. The van der Waals surface area contributed by atoms with Gasteiger partial charge >= 0.3 is 12.0 Å². The lowest BCUT2D eigenvalue weighted by Crippen LogP contribution is -2.43. The Kier molecular flexibility index (Phi) is 7.04. The zero-order valence-corrected chi connectivity index (χ0v) is 14.6. The Bertz CT molecular complexity index is 514. The van der Waals surface area contributed by atoms with Crippen LogP contribution in [-0.4, -0.2) is 35.2 Å². The zero-order valence-electron chi connectivity index (χ0n) is 12.2. The number of carboxylic acids is 1. The molecule has 0 fully saturated rings. The van der Waals surface area contributed by atoms with Gasteiger partial charge in [0.25, 0.3) is 0 Å². The average molecular weight is 375 g/mol. The van der Waals surface area contributed by atoms with Gasteiger partial charge in [0.2, 0.25) is 0 Å². The second-order valence-corrected chi connectivity index (χ2v) is 6.55. The highest BCUT2D eigenvalue weighted by Crippen LogP contribution is 2.27. The SMILES string of the molecule is CSCCC(NC(=O)Nc1c(C)cc(C)cc1Br)C(=O)O. The van der Waals surface area contributed by atoms with Crippen LogP contribution in [0.25, 0.3) is 0 Å². The highest BCUT2D eigenvalue weighted by atomic mass is 79.9. The number of rotatable bonds is 6. The summed E-state index contributed by atoms with van der Waals surface area (Å²) in [6, 6.07) is 2.44. The second kappa shape index (κ2) is 8.29. The molecule has 1 atom stereocenters. The van der Waals surface area contributed by atoms with Crippen molar-refractivity contribution in [3.63, 3.8) is 0 Å². The van der Waals surface area contributed by atoms with Gasteiger partial charge < -0.3 is 15.7 Å². The molecule has 0 heterocycles. The van der Waals surface area contributed by atoms with Crippen LogP contribution in [0.3, 0.4) is 0 Å². The highest BCUT2D eigenvalue weighted by molar-refractivity contribution is 9.10. The van der Waals surface area contributed by atoms with E-state index in [0.717, 1.165) is 15.6 Å². The molecule has 0 radical (unpaired) electrons. The van der Waals surface area contributed by atoms with E-state index in [0.29, 0.717) is 17.9 Å². The molecule has 0 aliphatic rings. The predicted octanol–water partition coefficient (Wildman–Crippen LogP) is 3.39. The first kappa shape index (κ1) is 17.8. The Morgan fingerprint density at radius 2 is 2.05 bits per heavy atom. The van der Waals surface area contributed by atoms with Crippen LogP contribution in [0, 0.1) is 13.8 Å². The van der Waals surface area contributed by atoms with E-state index in [1.807, 2.05) is 32.2 Å². The molecule has 0 saturated heterocycles. The summed E-state index contributed by atoms with van der Waals surface area (Å²) in [5, 5.41) is 14.3. The van der Waals surface area contributed by atoms with Gasteiger partial charge in [-0.3, -0.25) is 0 Å². The van der Waals surface area contributed by atoms with Gasteiger partial charge in [-0.1, -0.05) is 6.07 Å². The third-order valence-corrected chi connectivity index (χ3v) is 4.15. The van der Waals surface area contributed by atoms with Crippen LogP contribution in [0.1, 0.15) is 17.5 Å². The van der Waals surface area contributed by atoms with E-state index in [2.05, 4.69) is 26.6 Å². The molecule has 0 spiro atoms. The summed E-state index contributed by atoms with van der Waals surface area (Å²) in [6.07, 6.45) is 2.28. The quantitative estimate of drug-likeness (QED) is 0.712. The minimum absolute atomic E-state index is 0.387. The maximum absolute atomic E-state index is 12.0. The van der Waals surface area contributed by atoms with Crippen LogP contribution in [0.15, 0.2) is 16.6 Å². The smallest absolute Gasteiger partial charge is 0.326 e. The summed E-state index contributed by atoms with van der Waals surface area (Å²) in [5.41, 5.74) is 2.63. The van der Waals surface area contributed by atoms with Crippen molar-refractivity contribution in [2.75, 3.05) is 17.3 Å². The van der Waals surface area contributed by atoms with Crippen LogP contribution >= 0.6 is 27.7 Å². The lowest BCUT2D eigenvalue weighted by molar-refractivity contribution is -0.139. The number of hydrogen-bond donors (Lipinski definition) is 3. The molecule has 0 aliphatic carbocycles. The molecule has 21 heavy (non-hydrogen) atoms. The van der Waals surface area contributed by atoms with Gasteiger partial charge in [-0.15, -0.1) is 0 Å². The van der Waals surface area contributed by atoms with E-state index in [-0.39, 0.29) is 0 Å². The van der Waals surface area contributed by atoms with Crippen molar-refractivity contribution in [2.45, 2.75) is 26.3 Å². The fourth-order valence-electron chi connectivity index (χ4n) is 1.87. The van der Waals surface area contributed by atoms with Crippen molar-refractivity contribution in [1.82, 2.24) is 5.32 Å². The van der Waals surface area contributed by atoms with Gasteiger partial charge in [-0.2, -0.15) is 11.8 Å². The molecule has 0 saturated carbocycles. The number of hydrogen-bond acceptors (Lipinski definition) is 3. The molecule has 0 aromatic heterocycles. The van der Waals surface area contributed by atoms with Crippen molar-refractivity contribution in [3.05, 3.63) is 27.7 Å². The van der Waals surface area contributed by atoms with E-state index in [4.69, 9.17) is 5.11 Å². The summed E-state index contributed by atoms with van der Waals surface area (Å²) < 4.78 is 0.770. The monoisotopic (exact) mass is 374 g/mol. The Morgan fingerprint density at radius 1 is 1.38 bits per heavy atom. The van der Waals surface area contributed by atoms with Crippen molar-refractivity contribution < 1.29 is 14.7 Å². The first-order chi connectivity index (χ1) is 9.85. The largest absolute Gasteiger partial charge is 0.480 e. The first-order valence-corrected chi connectivity index (χ1v) is 8.59. The van der Waals surface area contributed by atoms with Crippen LogP contribution in [0.2, 0.25) is 0 Å². The molecule has 0 bridgehead atoms. The molecule has 0 aliphatic heterocycles. The Morgan fingerprint density at radius 3 is 2.57 bits per heavy atom. The predicted molar refractivity (Wildman–Crippen MR) is 90.2 cm³/mol. The number of benzene rings is 1. The second-order valence-electron chi connectivity index (χ2n) is 4.71. The molecule has 1 unspecified atom stereocenters. The van der Waals surface area contributed by atoms with Gasteiger partial charge in [-0.05, 0) is 65.4 Å². The third kappa shape index (κ3) is 5.59. The summed E-state index contributed by atoms with van der Waals surface area (Å²) in [6.45, 7) is 3.85. The lowest BCUT2D eigenvalue weighted by Gasteiger charge is -2.16. The summed E-state index contributed by atoms with van der Waals surface area (Å²) in [4.78, 5) is 23.1. The van der Waals surface area contributed by atoms with E-state index < -0.39 is 18.0 Å². The van der Waals surface area contributed by atoms with Gasteiger partial charge in [0.1, 0.15) is 6.04 Å². The number of halogens is 1. The van der Waals surface area contributed by atoms with Gasteiger partial charge in [-0.25, -0.2) is 9.59 Å². The zero-order chi connectivity index (χ0) is 16.0. The topological polar surface area (TPSA) is 78.4 Å². The van der Waals surface area contributed by atoms with Crippen molar-refractivity contribution in [2.24, 2.45) is 0 Å². The molecule has 1 aromatic carbocycles. The normalized spacial score (nSPS) is 11.8. The number of urea groups is 1. The standard InChI is InChI=1S/C14H19BrN2O3S/c1-8-6-9(2)12(10(15)7-8)17-14(20)16-11(13(18)19)4-5-21-3/h6-7,11H,4-5H2,1-3H3,(H,18,19)(H2,16,17,20). The van der Waals surface area contributed by atoms with Gasteiger partial charge in [0.15, 0.2) is 0 Å². The molecular weight excluding hydrogens is 356 g/mol.